The Morgan fingerprint density at radius 1 is 1.22 bits per heavy atom. The van der Waals surface area contributed by atoms with E-state index in [9.17, 15) is 13.6 Å². The number of alkyl halides is 2. The van der Waals surface area contributed by atoms with E-state index in [-0.39, 0.29) is 18.0 Å². The quantitative estimate of drug-likeness (QED) is 0.333. The number of hydrogen-bond acceptors (Lipinski definition) is 5. The maximum atomic E-state index is 14.4. The zero-order valence-corrected chi connectivity index (χ0v) is 18.5. The van der Waals surface area contributed by atoms with E-state index < -0.39 is 30.2 Å². The Morgan fingerprint density at radius 2 is 1.85 bits per heavy atom. The van der Waals surface area contributed by atoms with Gasteiger partial charge in [-0.1, -0.05) is 21.1 Å². The van der Waals surface area contributed by atoms with Crippen molar-refractivity contribution >= 4 is 54.3 Å². The zero-order valence-electron chi connectivity index (χ0n) is 15.6. The molecule has 0 aliphatic carbocycles. The van der Waals surface area contributed by atoms with Gasteiger partial charge in [-0.15, -0.1) is 0 Å². The molecule has 2 heterocycles. The molecule has 27 heavy (non-hydrogen) atoms. The summed E-state index contributed by atoms with van der Waals surface area (Å²) in [4.78, 5) is 13.2. The van der Waals surface area contributed by atoms with Gasteiger partial charge < -0.3 is 14.0 Å². The Bertz CT molecular complexity index is 734. The van der Waals surface area contributed by atoms with Gasteiger partial charge in [-0.05, 0) is 60.4 Å². The van der Waals surface area contributed by atoms with E-state index in [4.69, 9.17) is 14.0 Å². The smallest absolute Gasteiger partial charge is 0.399 e. The standard InChI is InChI=1S/C17H21BF2INO4S/c1-15(2)16(3,4)26-18(25-15)11-5-6-12-13(9-11)22(10-24-7-8-27-21)14(23)17(12,19)20/h5-6,9H,7-8,10H2,1-4H3. The summed E-state index contributed by atoms with van der Waals surface area (Å²) in [7, 11) is 0.858. The molecular formula is C17H21BF2INO4S. The third kappa shape index (κ3) is 3.75. The lowest BCUT2D eigenvalue weighted by molar-refractivity contribution is -0.142. The lowest BCUT2D eigenvalue weighted by Gasteiger charge is -2.32. The first-order valence-corrected chi connectivity index (χ1v) is 12.1. The largest absolute Gasteiger partial charge is 0.494 e. The molecule has 0 aromatic heterocycles. The van der Waals surface area contributed by atoms with Gasteiger partial charge in [-0.25, -0.2) is 0 Å². The van der Waals surface area contributed by atoms with Crippen LogP contribution in [0.4, 0.5) is 14.5 Å². The van der Waals surface area contributed by atoms with Crippen molar-refractivity contribution in [1.29, 1.82) is 0 Å². The molecule has 0 atom stereocenters. The first-order valence-electron chi connectivity index (χ1n) is 8.52. The highest BCUT2D eigenvalue weighted by molar-refractivity contribution is 14.2. The van der Waals surface area contributed by atoms with Gasteiger partial charge in [0.2, 0.25) is 0 Å². The zero-order chi connectivity index (χ0) is 20.0. The van der Waals surface area contributed by atoms with Crippen LogP contribution in [0.15, 0.2) is 18.2 Å². The molecule has 0 unspecified atom stereocenters. The van der Waals surface area contributed by atoms with E-state index in [0.717, 1.165) is 4.90 Å². The Hall–Kier alpha value is -0.425. The fourth-order valence-electron chi connectivity index (χ4n) is 2.93. The van der Waals surface area contributed by atoms with E-state index in [1.54, 1.807) is 8.93 Å². The topological polar surface area (TPSA) is 48.0 Å². The highest BCUT2D eigenvalue weighted by Crippen LogP contribution is 2.44. The number of carbonyl (C=O) groups is 1. The Labute approximate surface area is 174 Å². The molecule has 1 aromatic rings. The van der Waals surface area contributed by atoms with E-state index >= 15 is 0 Å². The van der Waals surface area contributed by atoms with Crippen molar-refractivity contribution in [2.45, 2.75) is 44.8 Å². The van der Waals surface area contributed by atoms with Crippen LogP contribution in [0.25, 0.3) is 0 Å². The van der Waals surface area contributed by atoms with Gasteiger partial charge in [0.1, 0.15) is 6.73 Å². The monoisotopic (exact) mass is 511 g/mol. The first-order chi connectivity index (χ1) is 12.5. The molecule has 5 nitrogen and oxygen atoms in total. The average molecular weight is 511 g/mol. The van der Waals surface area contributed by atoms with Crippen molar-refractivity contribution in [3.63, 3.8) is 0 Å². The molecule has 0 bridgehead atoms. The minimum Gasteiger partial charge on any atom is -0.399 e. The van der Waals surface area contributed by atoms with Gasteiger partial charge in [0.25, 0.3) is 0 Å². The summed E-state index contributed by atoms with van der Waals surface area (Å²) >= 11 is 2.12. The van der Waals surface area contributed by atoms with Crippen molar-refractivity contribution in [3.05, 3.63) is 23.8 Å². The van der Waals surface area contributed by atoms with E-state index in [2.05, 4.69) is 21.2 Å². The number of carbonyl (C=O) groups excluding carboxylic acids is 1. The molecule has 0 saturated carbocycles. The molecular weight excluding hydrogens is 490 g/mol. The van der Waals surface area contributed by atoms with Gasteiger partial charge >= 0.3 is 18.9 Å². The molecule has 0 spiro atoms. The highest BCUT2D eigenvalue weighted by Gasteiger charge is 2.55. The predicted octanol–water partition coefficient (Wildman–Crippen LogP) is 3.48. The average Bonchev–Trinajstić information content (AvgIpc) is 2.92. The number of rotatable bonds is 6. The van der Waals surface area contributed by atoms with Crippen LogP contribution < -0.4 is 10.4 Å². The fourth-order valence-corrected chi connectivity index (χ4v) is 3.65. The molecule has 148 valence electrons. The number of amides is 1. The number of anilines is 1. The second-order valence-electron chi connectivity index (χ2n) is 7.52. The second-order valence-corrected chi connectivity index (χ2v) is 10.0. The van der Waals surface area contributed by atoms with Crippen LogP contribution in [-0.4, -0.2) is 43.3 Å². The van der Waals surface area contributed by atoms with E-state index in [1.165, 1.54) is 18.2 Å². The summed E-state index contributed by atoms with van der Waals surface area (Å²) in [6.07, 6.45) is 0. The number of nitrogens with zero attached hydrogens (tertiary/aromatic N) is 1. The number of hydrogen-bond donors (Lipinski definition) is 0. The second kappa shape index (κ2) is 7.44. The van der Waals surface area contributed by atoms with Gasteiger partial charge in [0.15, 0.2) is 0 Å². The molecule has 1 aromatic carbocycles. The van der Waals surface area contributed by atoms with Crippen LogP contribution in [0.3, 0.4) is 0 Å². The first kappa shape index (κ1) is 21.3. The van der Waals surface area contributed by atoms with E-state index in [1.807, 2.05) is 27.7 Å². The summed E-state index contributed by atoms with van der Waals surface area (Å²) in [6, 6.07) is 4.33. The normalized spacial score (nSPS) is 22.4. The number of halogens is 3. The number of ether oxygens (including phenoxy) is 1. The SMILES string of the molecule is CC1(C)OB(c2ccc3c(c2)N(COCCSI)C(=O)C3(F)F)OC1(C)C. The Morgan fingerprint density at radius 3 is 2.44 bits per heavy atom. The van der Waals surface area contributed by atoms with E-state index in [0.29, 0.717) is 17.8 Å². The minimum absolute atomic E-state index is 0.138. The van der Waals surface area contributed by atoms with Crippen LogP contribution in [0.1, 0.15) is 33.3 Å². The third-order valence-electron chi connectivity index (χ3n) is 5.22. The van der Waals surface area contributed by atoms with Crippen LogP contribution >= 0.6 is 30.1 Å². The summed E-state index contributed by atoms with van der Waals surface area (Å²) in [5.41, 5.74) is -0.683. The lowest BCUT2D eigenvalue weighted by atomic mass is 9.78. The molecule has 0 N–H and O–H groups in total. The fraction of sp³-hybridized carbons (Fsp3) is 0.588. The highest BCUT2D eigenvalue weighted by atomic mass is 127. The van der Waals surface area contributed by atoms with Crippen LogP contribution in [0, 0.1) is 0 Å². The maximum Gasteiger partial charge on any atom is 0.494 e. The van der Waals surface area contributed by atoms with Crippen molar-refractivity contribution in [2.75, 3.05) is 24.0 Å². The predicted molar refractivity (Wildman–Crippen MR) is 111 cm³/mol. The molecule has 10 heteroatoms. The molecule has 1 saturated heterocycles. The molecule has 1 amide bonds. The Balaban J connectivity index is 1.88. The van der Waals surface area contributed by atoms with Gasteiger partial charge in [0, 0.05) is 5.75 Å². The van der Waals surface area contributed by atoms with Crippen LogP contribution in [0.5, 0.6) is 0 Å². The Kier molecular flexibility index (Phi) is 5.86. The van der Waals surface area contributed by atoms with Crippen molar-refractivity contribution in [1.82, 2.24) is 0 Å². The summed E-state index contributed by atoms with van der Waals surface area (Å²) in [5, 5.41) is 0. The van der Waals surface area contributed by atoms with Gasteiger partial charge in [-0.2, -0.15) is 8.78 Å². The molecule has 1 fully saturated rings. The summed E-state index contributed by atoms with van der Waals surface area (Å²) < 4.78 is 46.2. The van der Waals surface area contributed by atoms with Crippen LogP contribution in [-0.2, 0) is 24.8 Å². The number of benzene rings is 1. The van der Waals surface area contributed by atoms with Crippen molar-refractivity contribution < 1.29 is 27.6 Å². The summed E-state index contributed by atoms with van der Waals surface area (Å²) in [5.74, 6) is -4.13. The minimum atomic E-state index is -3.56. The summed E-state index contributed by atoms with van der Waals surface area (Å²) in [6.45, 7) is 7.83. The van der Waals surface area contributed by atoms with Gasteiger partial charge in [0.05, 0.1) is 29.1 Å². The lowest BCUT2D eigenvalue weighted by Crippen LogP contribution is -2.41. The molecule has 2 aliphatic rings. The molecule has 0 radical (unpaired) electrons. The maximum absolute atomic E-state index is 14.4. The van der Waals surface area contributed by atoms with Crippen molar-refractivity contribution in [2.24, 2.45) is 0 Å². The van der Waals surface area contributed by atoms with Gasteiger partial charge in [-0.3, -0.25) is 9.69 Å². The molecule has 2 aliphatic heterocycles. The van der Waals surface area contributed by atoms with Crippen molar-refractivity contribution in [3.8, 4) is 0 Å². The van der Waals surface area contributed by atoms with Crippen LogP contribution in [0.2, 0.25) is 0 Å². The number of fused-ring (bicyclic) bond motifs is 1. The third-order valence-corrected chi connectivity index (χ3v) is 6.86. The molecule has 3 rings (SSSR count).